The molecule has 0 spiro atoms. The second-order valence-corrected chi connectivity index (χ2v) is 3.78. The topological polar surface area (TPSA) is 84.8 Å². The van der Waals surface area contributed by atoms with Crippen LogP contribution in [0.3, 0.4) is 0 Å². The quantitative estimate of drug-likeness (QED) is 0.750. The lowest BCUT2D eigenvalue weighted by molar-refractivity contribution is 0.0182. The minimum absolute atomic E-state index is 0.0874. The molecular formula is C12H10F2N4O2. The molecule has 0 aliphatic heterocycles. The average Bonchev–Trinajstić information content (AvgIpc) is 2.92. The molecule has 0 aliphatic carbocycles. The predicted molar refractivity (Wildman–Crippen MR) is 62.8 cm³/mol. The molecule has 0 aromatic carbocycles. The lowest BCUT2D eigenvalue weighted by Gasteiger charge is -1.99. The number of ether oxygens (including phenoxy) is 1. The van der Waals surface area contributed by atoms with E-state index in [0.717, 1.165) is 0 Å². The Morgan fingerprint density at radius 3 is 2.90 bits per heavy atom. The second-order valence-electron chi connectivity index (χ2n) is 3.78. The van der Waals surface area contributed by atoms with Crippen LogP contribution < -0.4 is 0 Å². The first kappa shape index (κ1) is 14.0. The van der Waals surface area contributed by atoms with E-state index in [1.165, 1.54) is 6.20 Å². The molecule has 0 aliphatic rings. The van der Waals surface area contributed by atoms with Crippen LogP contribution in [0.5, 0.6) is 0 Å². The summed E-state index contributed by atoms with van der Waals surface area (Å²) in [5.74, 6) is 0.554. The van der Waals surface area contributed by atoms with Gasteiger partial charge in [-0.15, -0.1) is 0 Å². The van der Waals surface area contributed by atoms with Crippen LogP contribution in [0.4, 0.5) is 8.78 Å². The summed E-state index contributed by atoms with van der Waals surface area (Å²) in [5, 5.41) is 12.3. The lowest BCUT2D eigenvalue weighted by Crippen LogP contribution is -2.07. The Kier molecular flexibility index (Phi) is 4.68. The highest BCUT2D eigenvalue weighted by atomic mass is 19.3. The van der Waals surface area contributed by atoms with Crippen molar-refractivity contribution in [3.63, 3.8) is 0 Å². The summed E-state index contributed by atoms with van der Waals surface area (Å²) in [6.07, 6.45) is -0.823. The van der Waals surface area contributed by atoms with Crippen molar-refractivity contribution in [2.24, 2.45) is 0 Å². The number of halogens is 2. The number of nitrogens with zero attached hydrogens (tertiary/aromatic N) is 4. The standard InChI is InChI=1S/C12H10F2N4O2/c13-10(14)7-19-4-3-11-17-12(20-18-11)9-2-1-8(5-15)6-16-9/h1-2,6,10H,3-4,7H2. The Labute approximate surface area is 113 Å². The molecule has 6 nitrogen and oxygen atoms in total. The summed E-state index contributed by atoms with van der Waals surface area (Å²) < 4.78 is 33.4. The molecular weight excluding hydrogens is 270 g/mol. The number of pyridine rings is 1. The van der Waals surface area contributed by atoms with Crippen LogP contribution in [-0.4, -0.2) is 34.8 Å². The lowest BCUT2D eigenvalue weighted by atomic mass is 10.3. The third-order valence-electron chi connectivity index (χ3n) is 2.29. The van der Waals surface area contributed by atoms with Gasteiger partial charge < -0.3 is 9.26 Å². The van der Waals surface area contributed by atoms with Gasteiger partial charge in [0, 0.05) is 12.6 Å². The number of aromatic nitrogens is 3. The first-order valence-electron chi connectivity index (χ1n) is 5.74. The Balaban J connectivity index is 1.93. The summed E-state index contributed by atoms with van der Waals surface area (Å²) in [6, 6.07) is 5.12. The molecule has 0 atom stereocenters. The summed E-state index contributed by atoms with van der Waals surface area (Å²) in [7, 11) is 0. The van der Waals surface area contributed by atoms with E-state index in [9.17, 15) is 8.78 Å². The van der Waals surface area contributed by atoms with Crippen LogP contribution in [0, 0.1) is 11.3 Å². The molecule has 0 amide bonds. The van der Waals surface area contributed by atoms with Crippen molar-refractivity contribution in [3.05, 3.63) is 29.7 Å². The third kappa shape index (κ3) is 3.80. The van der Waals surface area contributed by atoms with Gasteiger partial charge in [-0.3, -0.25) is 0 Å². The molecule has 2 aromatic rings. The molecule has 20 heavy (non-hydrogen) atoms. The van der Waals surface area contributed by atoms with E-state index < -0.39 is 13.0 Å². The maximum Gasteiger partial charge on any atom is 0.276 e. The van der Waals surface area contributed by atoms with Gasteiger partial charge in [0.15, 0.2) is 5.82 Å². The molecule has 0 saturated carbocycles. The van der Waals surface area contributed by atoms with Gasteiger partial charge in [-0.1, -0.05) is 5.16 Å². The van der Waals surface area contributed by atoms with Crippen molar-refractivity contribution in [1.82, 2.24) is 15.1 Å². The Hall–Kier alpha value is -2.40. The van der Waals surface area contributed by atoms with Crippen molar-refractivity contribution in [2.45, 2.75) is 12.8 Å². The highest BCUT2D eigenvalue weighted by Gasteiger charge is 2.10. The van der Waals surface area contributed by atoms with Crippen LogP contribution >= 0.6 is 0 Å². The van der Waals surface area contributed by atoms with E-state index in [1.807, 2.05) is 6.07 Å². The Morgan fingerprint density at radius 1 is 1.40 bits per heavy atom. The fourth-order valence-corrected chi connectivity index (χ4v) is 1.38. The number of rotatable bonds is 6. The Morgan fingerprint density at radius 2 is 2.25 bits per heavy atom. The highest BCUT2D eigenvalue weighted by molar-refractivity contribution is 5.47. The molecule has 0 radical (unpaired) electrons. The van der Waals surface area contributed by atoms with E-state index >= 15 is 0 Å². The zero-order valence-electron chi connectivity index (χ0n) is 10.3. The van der Waals surface area contributed by atoms with Gasteiger partial charge in [0.1, 0.15) is 18.4 Å². The van der Waals surface area contributed by atoms with E-state index in [4.69, 9.17) is 14.5 Å². The third-order valence-corrected chi connectivity index (χ3v) is 2.29. The smallest absolute Gasteiger partial charge is 0.276 e. The fraction of sp³-hybridized carbons (Fsp3) is 0.333. The summed E-state index contributed by atoms with van der Waals surface area (Å²) in [4.78, 5) is 8.07. The molecule has 2 aromatic heterocycles. The predicted octanol–water partition coefficient (Wildman–Crippen LogP) is 1.83. The SMILES string of the molecule is N#Cc1ccc(-c2nc(CCOCC(F)F)no2)nc1. The van der Waals surface area contributed by atoms with E-state index in [-0.39, 0.29) is 18.9 Å². The number of hydrogen-bond acceptors (Lipinski definition) is 6. The number of nitriles is 1. The van der Waals surface area contributed by atoms with Crippen molar-refractivity contribution in [2.75, 3.05) is 13.2 Å². The zero-order chi connectivity index (χ0) is 14.4. The maximum absolute atomic E-state index is 11.8. The van der Waals surface area contributed by atoms with E-state index in [0.29, 0.717) is 17.1 Å². The van der Waals surface area contributed by atoms with Crippen LogP contribution in [0.25, 0.3) is 11.6 Å². The highest BCUT2D eigenvalue weighted by Crippen LogP contribution is 2.14. The first-order chi connectivity index (χ1) is 9.69. The van der Waals surface area contributed by atoms with Gasteiger partial charge in [0.05, 0.1) is 12.2 Å². The van der Waals surface area contributed by atoms with Gasteiger partial charge in [0.25, 0.3) is 12.3 Å². The van der Waals surface area contributed by atoms with E-state index in [1.54, 1.807) is 12.1 Å². The Bertz CT molecular complexity index is 592. The monoisotopic (exact) mass is 280 g/mol. The van der Waals surface area contributed by atoms with Gasteiger partial charge in [-0.2, -0.15) is 10.2 Å². The first-order valence-corrected chi connectivity index (χ1v) is 5.74. The van der Waals surface area contributed by atoms with Gasteiger partial charge in [0.2, 0.25) is 0 Å². The van der Waals surface area contributed by atoms with Gasteiger partial charge in [-0.05, 0) is 12.1 Å². The largest absolute Gasteiger partial charge is 0.375 e. The molecule has 2 rings (SSSR count). The average molecular weight is 280 g/mol. The molecule has 0 N–H and O–H groups in total. The summed E-state index contributed by atoms with van der Waals surface area (Å²) >= 11 is 0. The minimum atomic E-state index is -2.49. The number of hydrogen-bond donors (Lipinski definition) is 0. The van der Waals surface area contributed by atoms with Crippen molar-refractivity contribution in [1.29, 1.82) is 5.26 Å². The zero-order valence-corrected chi connectivity index (χ0v) is 10.3. The molecule has 0 bridgehead atoms. The molecule has 0 fully saturated rings. The van der Waals surface area contributed by atoms with E-state index in [2.05, 4.69) is 15.1 Å². The molecule has 0 saturated heterocycles. The summed E-state index contributed by atoms with van der Waals surface area (Å²) in [6.45, 7) is -0.522. The van der Waals surface area contributed by atoms with Crippen molar-refractivity contribution >= 4 is 0 Å². The van der Waals surface area contributed by atoms with Crippen molar-refractivity contribution < 1.29 is 18.0 Å². The minimum Gasteiger partial charge on any atom is -0.375 e. The fourth-order valence-electron chi connectivity index (χ4n) is 1.38. The summed E-state index contributed by atoms with van der Waals surface area (Å²) in [5.41, 5.74) is 0.866. The van der Waals surface area contributed by atoms with Gasteiger partial charge in [-0.25, -0.2) is 13.8 Å². The number of alkyl halides is 2. The van der Waals surface area contributed by atoms with Crippen LogP contribution in [-0.2, 0) is 11.2 Å². The van der Waals surface area contributed by atoms with Gasteiger partial charge >= 0.3 is 0 Å². The molecule has 2 heterocycles. The normalized spacial score (nSPS) is 10.7. The molecule has 0 unspecified atom stereocenters. The second kappa shape index (κ2) is 6.68. The maximum atomic E-state index is 11.8. The van der Waals surface area contributed by atoms with Crippen molar-refractivity contribution in [3.8, 4) is 17.7 Å². The van der Waals surface area contributed by atoms with Crippen LogP contribution in [0.2, 0.25) is 0 Å². The van der Waals surface area contributed by atoms with Crippen LogP contribution in [0.1, 0.15) is 11.4 Å². The molecule has 8 heteroatoms. The molecule has 104 valence electrons. The van der Waals surface area contributed by atoms with Crippen LogP contribution in [0.15, 0.2) is 22.9 Å².